The Morgan fingerprint density at radius 3 is 2.50 bits per heavy atom. The van der Waals surface area contributed by atoms with Crippen LogP contribution in [0.1, 0.15) is 24.2 Å². The molecule has 0 saturated heterocycles. The molecule has 3 nitrogen and oxygen atoms in total. The van der Waals surface area contributed by atoms with Gasteiger partial charge in [-0.25, -0.2) is 0 Å². The predicted molar refractivity (Wildman–Crippen MR) is 79.6 cm³/mol. The minimum Gasteiger partial charge on any atom is -0.484 e. The summed E-state index contributed by atoms with van der Waals surface area (Å²) in [5.41, 5.74) is 7.51. The number of rotatable bonds is 4. The fraction of sp³-hybridized carbons (Fsp3) is 0.188. The van der Waals surface area contributed by atoms with Crippen LogP contribution in [0.3, 0.4) is 0 Å². The fourth-order valence-corrected chi connectivity index (χ4v) is 2.04. The number of benzene rings is 2. The summed E-state index contributed by atoms with van der Waals surface area (Å²) in [6.45, 7) is 1.88. The van der Waals surface area contributed by atoms with Gasteiger partial charge >= 0.3 is 0 Å². The van der Waals surface area contributed by atoms with Crippen molar-refractivity contribution >= 4 is 11.6 Å². The fourth-order valence-electron chi connectivity index (χ4n) is 1.92. The molecule has 0 spiro atoms. The molecule has 2 N–H and O–H groups in total. The predicted octanol–water partition coefficient (Wildman–Crippen LogP) is 3.68. The van der Waals surface area contributed by atoms with Crippen LogP contribution < -0.4 is 10.5 Å². The first kappa shape index (κ1) is 14.4. The zero-order chi connectivity index (χ0) is 14.5. The lowest BCUT2D eigenvalue weighted by molar-refractivity contribution is 0.180. The first-order valence-corrected chi connectivity index (χ1v) is 6.66. The Hall–Kier alpha value is -2.02. The Bertz CT molecular complexity index is 617. The van der Waals surface area contributed by atoms with Crippen LogP contribution in [0.25, 0.3) is 0 Å². The van der Waals surface area contributed by atoms with Crippen LogP contribution in [0.2, 0.25) is 5.02 Å². The molecule has 2 rings (SSSR count). The van der Waals surface area contributed by atoms with E-state index in [1.165, 1.54) is 0 Å². The molecule has 2 atom stereocenters. The van der Waals surface area contributed by atoms with Crippen molar-refractivity contribution < 1.29 is 4.74 Å². The highest BCUT2D eigenvalue weighted by molar-refractivity contribution is 6.30. The number of hydrogen-bond donors (Lipinski definition) is 1. The molecule has 2 aromatic carbocycles. The zero-order valence-corrected chi connectivity index (χ0v) is 11.8. The summed E-state index contributed by atoms with van der Waals surface area (Å²) >= 11 is 5.89. The smallest absolute Gasteiger partial charge is 0.138 e. The van der Waals surface area contributed by atoms with Crippen LogP contribution in [0.5, 0.6) is 5.75 Å². The van der Waals surface area contributed by atoms with Gasteiger partial charge in [-0.3, -0.25) is 0 Å². The van der Waals surface area contributed by atoms with E-state index in [1.807, 2.05) is 25.1 Å². The van der Waals surface area contributed by atoms with E-state index in [1.54, 1.807) is 30.3 Å². The second-order valence-electron chi connectivity index (χ2n) is 4.59. The normalized spacial score (nSPS) is 13.3. The van der Waals surface area contributed by atoms with E-state index < -0.39 is 0 Å². The SMILES string of the molecule is CC(N)C(Oc1cccc(C#N)c1)c1ccc(Cl)cc1. The Morgan fingerprint density at radius 2 is 1.90 bits per heavy atom. The molecule has 4 heteroatoms. The molecule has 2 unspecified atom stereocenters. The molecule has 0 saturated carbocycles. The summed E-state index contributed by atoms with van der Waals surface area (Å²) in [6, 6.07) is 16.3. The molecule has 0 aromatic heterocycles. The quantitative estimate of drug-likeness (QED) is 0.933. The molecule has 0 amide bonds. The summed E-state index contributed by atoms with van der Waals surface area (Å²) in [6.07, 6.45) is -0.291. The van der Waals surface area contributed by atoms with Crippen LogP contribution in [-0.4, -0.2) is 6.04 Å². The summed E-state index contributed by atoms with van der Waals surface area (Å²) in [5.74, 6) is 0.626. The summed E-state index contributed by atoms with van der Waals surface area (Å²) in [4.78, 5) is 0. The molecule has 0 radical (unpaired) electrons. The second-order valence-corrected chi connectivity index (χ2v) is 5.03. The highest BCUT2D eigenvalue weighted by Gasteiger charge is 2.18. The second kappa shape index (κ2) is 6.42. The minimum atomic E-state index is -0.291. The molecule has 102 valence electrons. The lowest BCUT2D eigenvalue weighted by Gasteiger charge is -2.23. The van der Waals surface area contributed by atoms with Gasteiger partial charge in [0.1, 0.15) is 11.9 Å². The number of ether oxygens (including phenoxy) is 1. The zero-order valence-electron chi connectivity index (χ0n) is 11.1. The molecule has 0 aliphatic rings. The number of nitriles is 1. The number of hydrogen-bond acceptors (Lipinski definition) is 3. The van der Waals surface area contributed by atoms with Gasteiger partial charge < -0.3 is 10.5 Å². The first-order chi connectivity index (χ1) is 9.60. The topological polar surface area (TPSA) is 59.0 Å². The number of nitrogens with two attached hydrogens (primary N) is 1. The maximum absolute atomic E-state index is 8.91. The van der Waals surface area contributed by atoms with Crippen molar-refractivity contribution in [3.8, 4) is 11.8 Å². The Balaban J connectivity index is 2.26. The molecule has 0 fully saturated rings. The molecule has 0 aliphatic carbocycles. The van der Waals surface area contributed by atoms with Gasteiger partial charge in [-0.15, -0.1) is 0 Å². The highest BCUT2D eigenvalue weighted by Crippen LogP contribution is 2.25. The Kier molecular flexibility index (Phi) is 4.62. The number of halogens is 1. The summed E-state index contributed by atoms with van der Waals surface area (Å²) in [5, 5.41) is 9.58. The van der Waals surface area contributed by atoms with Crippen LogP contribution in [0.4, 0.5) is 0 Å². The molecule has 0 bridgehead atoms. The van der Waals surface area contributed by atoms with E-state index in [0.29, 0.717) is 16.3 Å². The van der Waals surface area contributed by atoms with Crippen molar-refractivity contribution in [2.24, 2.45) is 5.73 Å². The molecular weight excluding hydrogens is 272 g/mol. The van der Waals surface area contributed by atoms with E-state index in [-0.39, 0.29) is 12.1 Å². The maximum atomic E-state index is 8.91. The van der Waals surface area contributed by atoms with Crippen molar-refractivity contribution in [3.63, 3.8) is 0 Å². The van der Waals surface area contributed by atoms with E-state index in [2.05, 4.69) is 6.07 Å². The van der Waals surface area contributed by atoms with Crippen molar-refractivity contribution in [1.29, 1.82) is 5.26 Å². The molecule has 0 heterocycles. The highest BCUT2D eigenvalue weighted by atomic mass is 35.5. The van der Waals surface area contributed by atoms with E-state index in [9.17, 15) is 0 Å². The van der Waals surface area contributed by atoms with Gasteiger partial charge in [-0.1, -0.05) is 29.8 Å². The van der Waals surface area contributed by atoms with Gasteiger partial charge in [0.15, 0.2) is 0 Å². The van der Waals surface area contributed by atoms with E-state index in [0.717, 1.165) is 5.56 Å². The van der Waals surface area contributed by atoms with Crippen LogP contribution in [-0.2, 0) is 0 Å². The maximum Gasteiger partial charge on any atom is 0.138 e. The standard InChI is InChI=1S/C16H15ClN2O/c1-11(19)16(13-5-7-14(17)8-6-13)20-15-4-2-3-12(9-15)10-18/h2-9,11,16H,19H2,1H3. The van der Waals surface area contributed by atoms with Gasteiger partial charge in [0.25, 0.3) is 0 Å². The van der Waals surface area contributed by atoms with Gasteiger partial charge in [0, 0.05) is 11.1 Å². The third-order valence-electron chi connectivity index (χ3n) is 2.90. The van der Waals surface area contributed by atoms with Gasteiger partial charge in [-0.2, -0.15) is 5.26 Å². The average Bonchev–Trinajstić information content (AvgIpc) is 2.46. The van der Waals surface area contributed by atoms with Crippen LogP contribution in [0.15, 0.2) is 48.5 Å². The lowest BCUT2D eigenvalue weighted by Crippen LogP contribution is -2.29. The lowest BCUT2D eigenvalue weighted by atomic mass is 10.0. The number of nitrogens with zero attached hydrogens (tertiary/aromatic N) is 1. The van der Waals surface area contributed by atoms with Crippen LogP contribution >= 0.6 is 11.6 Å². The average molecular weight is 287 g/mol. The first-order valence-electron chi connectivity index (χ1n) is 6.28. The third-order valence-corrected chi connectivity index (χ3v) is 3.15. The van der Waals surface area contributed by atoms with Gasteiger partial charge in [0.2, 0.25) is 0 Å². The van der Waals surface area contributed by atoms with E-state index in [4.69, 9.17) is 27.3 Å². The summed E-state index contributed by atoms with van der Waals surface area (Å²) in [7, 11) is 0. The minimum absolute atomic E-state index is 0.193. The van der Waals surface area contributed by atoms with Crippen molar-refractivity contribution in [2.75, 3.05) is 0 Å². The Labute approximate surface area is 123 Å². The Morgan fingerprint density at radius 1 is 1.20 bits per heavy atom. The molecule has 2 aromatic rings. The van der Waals surface area contributed by atoms with Gasteiger partial charge in [0.05, 0.1) is 11.6 Å². The summed E-state index contributed by atoms with van der Waals surface area (Å²) < 4.78 is 5.93. The molecular formula is C16H15ClN2O. The third kappa shape index (κ3) is 3.51. The van der Waals surface area contributed by atoms with Crippen LogP contribution in [0, 0.1) is 11.3 Å². The molecule has 20 heavy (non-hydrogen) atoms. The monoisotopic (exact) mass is 286 g/mol. The van der Waals surface area contributed by atoms with Crippen molar-refractivity contribution in [1.82, 2.24) is 0 Å². The van der Waals surface area contributed by atoms with E-state index >= 15 is 0 Å². The van der Waals surface area contributed by atoms with Crippen molar-refractivity contribution in [2.45, 2.75) is 19.1 Å². The van der Waals surface area contributed by atoms with Gasteiger partial charge in [-0.05, 0) is 42.8 Å². The van der Waals surface area contributed by atoms with Crippen molar-refractivity contribution in [3.05, 3.63) is 64.7 Å². The largest absolute Gasteiger partial charge is 0.484 e. The molecule has 0 aliphatic heterocycles.